The van der Waals surface area contributed by atoms with E-state index in [0.717, 1.165) is 4.90 Å². The van der Waals surface area contributed by atoms with Gasteiger partial charge in [-0.2, -0.15) is 8.42 Å². The molecule has 17 heavy (non-hydrogen) atoms. The summed E-state index contributed by atoms with van der Waals surface area (Å²) in [6.45, 7) is -0.251. The standard InChI is InChI=1S/C8H7BrFN3O3S/c9-5-2-11-8(12-3-5)13-4-6(1-7(13)14)17(10,15)16/h2-3,6H,1,4H2. The van der Waals surface area contributed by atoms with Gasteiger partial charge in [0.1, 0.15) is 5.25 Å². The van der Waals surface area contributed by atoms with E-state index in [0.29, 0.717) is 4.47 Å². The molecular formula is C8H7BrFN3O3S. The summed E-state index contributed by atoms with van der Waals surface area (Å²) in [5, 5.41) is -1.33. The van der Waals surface area contributed by atoms with Gasteiger partial charge >= 0.3 is 10.2 Å². The fourth-order valence-corrected chi connectivity index (χ4v) is 2.38. The van der Waals surface area contributed by atoms with E-state index in [-0.39, 0.29) is 18.9 Å². The smallest absolute Gasteiger partial charge is 0.279 e. The molecule has 1 saturated heterocycles. The Morgan fingerprint density at radius 1 is 1.41 bits per heavy atom. The predicted molar refractivity (Wildman–Crippen MR) is 60.5 cm³/mol. The van der Waals surface area contributed by atoms with Crippen LogP contribution in [-0.4, -0.2) is 36.1 Å². The maximum absolute atomic E-state index is 12.8. The molecule has 9 heteroatoms. The van der Waals surface area contributed by atoms with Gasteiger partial charge in [0, 0.05) is 25.4 Å². The Hall–Kier alpha value is -1.09. The highest BCUT2D eigenvalue weighted by molar-refractivity contribution is 9.10. The maximum atomic E-state index is 12.8. The average molecular weight is 324 g/mol. The summed E-state index contributed by atoms with van der Waals surface area (Å²) >= 11 is 3.13. The largest absolute Gasteiger partial charge is 0.307 e. The topological polar surface area (TPSA) is 80.2 Å². The molecular weight excluding hydrogens is 317 g/mol. The Bertz CT molecular complexity index is 548. The minimum Gasteiger partial charge on any atom is -0.279 e. The lowest BCUT2D eigenvalue weighted by Gasteiger charge is -2.12. The van der Waals surface area contributed by atoms with Crippen LogP contribution >= 0.6 is 15.9 Å². The first-order valence-electron chi connectivity index (χ1n) is 4.59. The third-order valence-corrected chi connectivity index (χ3v) is 3.86. The number of hydrogen-bond donors (Lipinski definition) is 0. The first kappa shape index (κ1) is 12.4. The number of amides is 1. The van der Waals surface area contributed by atoms with E-state index < -0.39 is 21.4 Å². The Kier molecular flexibility index (Phi) is 3.13. The van der Waals surface area contributed by atoms with E-state index in [1.807, 2.05) is 0 Å². The maximum Gasteiger partial charge on any atom is 0.307 e. The molecule has 1 fully saturated rings. The molecule has 1 aliphatic heterocycles. The summed E-state index contributed by atoms with van der Waals surface area (Å²) in [6, 6.07) is 0. The van der Waals surface area contributed by atoms with Crippen LogP contribution in [0.25, 0.3) is 0 Å². The second-order valence-corrected chi connectivity index (χ2v) is 6.04. The van der Waals surface area contributed by atoms with E-state index in [1.54, 1.807) is 0 Å². The van der Waals surface area contributed by atoms with Crippen LogP contribution in [0.1, 0.15) is 6.42 Å². The minimum atomic E-state index is -4.71. The van der Waals surface area contributed by atoms with Crippen LogP contribution in [-0.2, 0) is 15.0 Å². The third kappa shape index (κ3) is 2.60. The normalized spacial score (nSPS) is 20.9. The van der Waals surface area contributed by atoms with Crippen LogP contribution in [0, 0.1) is 0 Å². The van der Waals surface area contributed by atoms with Crippen molar-refractivity contribution >= 4 is 38.0 Å². The number of anilines is 1. The van der Waals surface area contributed by atoms with E-state index in [9.17, 15) is 17.1 Å². The Morgan fingerprint density at radius 3 is 2.47 bits per heavy atom. The zero-order valence-corrected chi connectivity index (χ0v) is 10.8. The molecule has 2 heterocycles. The lowest BCUT2D eigenvalue weighted by molar-refractivity contribution is -0.117. The first-order valence-corrected chi connectivity index (χ1v) is 6.83. The van der Waals surface area contributed by atoms with Crippen molar-refractivity contribution in [1.82, 2.24) is 9.97 Å². The lowest BCUT2D eigenvalue weighted by Crippen LogP contribution is -2.28. The van der Waals surface area contributed by atoms with Crippen molar-refractivity contribution in [2.45, 2.75) is 11.7 Å². The van der Waals surface area contributed by atoms with Crippen molar-refractivity contribution in [3.63, 3.8) is 0 Å². The number of halogens is 2. The molecule has 0 spiro atoms. The Morgan fingerprint density at radius 2 is 2.00 bits per heavy atom. The second kappa shape index (κ2) is 4.30. The van der Waals surface area contributed by atoms with Gasteiger partial charge in [-0.15, -0.1) is 3.89 Å². The number of rotatable bonds is 2. The fourth-order valence-electron chi connectivity index (χ4n) is 1.50. The van der Waals surface area contributed by atoms with Crippen LogP contribution < -0.4 is 4.90 Å². The number of hydrogen-bond acceptors (Lipinski definition) is 5. The molecule has 0 N–H and O–H groups in total. The van der Waals surface area contributed by atoms with Crippen molar-refractivity contribution in [3.05, 3.63) is 16.9 Å². The number of carbonyl (C=O) groups excluding carboxylic acids is 1. The molecule has 92 valence electrons. The van der Waals surface area contributed by atoms with Crippen molar-refractivity contribution in [2.24, 2.45) is 0 Å². The van der Waals surface area contributed by atoms with E-state index in [2.05, 4.69) is 25.9 Å². The van der Waals surface area contributed by atoms with Crippen molar-refractivity contribution in [3.8, 4) is 0 Å². The van der Waals surface area contributed by atoms with Crippen LogP contribution in [0.3, 0.4) is 0 Å². The highest BCUT2D eigenvalue weighted by atomic mass is 79.9. The molecule has 2 rings (SSSR count). The average Bonchev–Trinajstić information content (AvgIpc) is 2.61. The Balaban J connectivity index is 2.24. The van der Waals surface area contributed by atoms with Gasteiger partial charge in [0.05, 0.1) is 4.47 Å². The molecule has 1 aliphatic rings. The molecule has 1 aromatic rings. The molecule has 1 aromatic heterocycles. The van der Waals surface area contributed by atoms with Crippen LogP contribution in [0.15, 0.2) is 16.9 Å². The van der Waals surface area contributed by atoms with Gasteiger partial charge in [-0.25, -0.2) is 9.97 Å². The quantitative estimate of drug-likeness (QED) is 0.746. The second-order valence-electron chi connectivity index (χ2n) is 3.51. The van der Waals surface area contributed by atoms with Crippen LogP contribution in [0.2, 0.25) is 0 Å². The van der Waals surface area contributed by atoms with Gasteiger partial charge < -0.3 is 0 Å². The predicted octanol–water partition coefficient (Wildman–Crippen LogP) is 0.644. The highest BCUT2D eigenvalue weighted by Gasteiger charge is 2.40. The molecule has 0 saturated carbocycles. The molecule has 6 nitrogen and oxygen atoms in total. The van der Waals surface area contributed by atoms with Crippen LogP contribution in [0.4, 0.5) is 9.83 Å². The van der Waals surface area contributed by atoms with Crippen molar-refractivity contribution < 1.29 is 17.1 Å². The zero-order chi connectivity index (χ0) is 12.6. The van der Waals surface area contributed by atoms with Crippen molar-refractivity contribution in [1.29, 1.82) is 0 Å². The Labute approximate surface area is 105 Å². The summed E-state index contributed by atoms with van der Waals surface area (Å²) in [7, 11) is -4.71. The molecule has 0 aromatic carbocycles. The van der Waals surface area contributed by atoms with Gasteiger partial charge in [0.15, 0.2) is 0 Å². The summed E-state index contributed by atoms with van der Waals surface area (Å²) in [5.41, 5.74) is 0. The fraction of sp³-hybridized carbons (Fsp3) is 0.375. The molecule has 0 radical (unpaired) electrons. The third-order valence-electron chi connectivity index (χ3n) is 2.34. The van der Waals surface area contributed by atoms with Gasteiger partial charge in [0.2, 0.25) is 11.9 Å². The summed E-state index contributed by atoms with van der Waals surface area (Å²) < 4.78 is 34.8. The molecule has 1 atom stereocenters. The molecule has 0 aliphatic carbocycles. The van der Waals surface area contributed by atoms with Crippen molar-refractivity contribution in [2.75, 3.05) is 11.4 Å². The SMILES string of the molecule is O=C1CC(S(=O)(=O)F)CN1c1ncc(Br)cn1. The first-order chi connectivity index (χ1) is 7.88. The van der Waals surface area contributed by atoms with Gasteiger partial charge in [-0.05, 0) is 15.9 Å². The van der Waals surface area contributed by atoms with Gasteiger partial charge in [-0.3, -0.25) is 9.69 Å². The number of nitrogens with zero attached hydrogens (tertiary/aromatic N) is 3. The summed E-state index contributed by atoms with van der Waals surface area (Å²) in [6.07, 6.45) is 2.47. The molecule has 1 unspecified atom stereocenters. The number of carbonyl (C=O) groups is 1. The summed E-state index contributed by atoms with van der Waals surface area (Å²) in [4.78, 5) is 20.3. The zero-order valence-electron chi connectivity index (χ0n) is 8.38. The van der Waals surface area contributed by atoms with E-state index in [4.69, 9.17) is 0 Å². The number of aromatic nitrogens is 2. The monoisotopic (exact) mass is 323 g/mol. The lowest BCUT2D eigenvalue weighted by atomic mass is 10.4. The summed E-state index contributed by atoms with van der Waals surface area (Å²) in [5.74, 6) is -0.428. The highest BCUT2D eigenvalue weighted by Crippen LogP contribution is 2.23. The van der Waals surface area contributed by atoms with Gasteiger partial charge in [-0.1, -0.05) is 0 Å². The molecule has 0 bridgehead atoms. The minimum absolute atomic E-state index is 0.0735. The van der Waals surface area contributed by atoms with E-state index >= 15 is 0 Å². The molecule has 1 amide bonds. The van der Waals surface area contributed by atoms with Gasteiger partial charge in [0.25, 0.3) is 0 Å². The van der Waals surface area contributed by atoms with E-state index in [1.165, 1.54) is 12.4 Å². The van der Waals surface area contributed by atoms with Crippen LogP contribution in [0.5, 0.6) is 0 Å².